The predicted octanol–water partition coefficient (Wildman–Crippen LogP) is 1.83. The fourth-order valence-electron chi connectivity index (χ4n) is 2.10. The number of ketones is 1. The third kappa shape index (κ3) is 2.54. The van der Waals surface area contributed by atoms with Crippen LogP contribution in [0.15, 0.2) is 0 Å². The number of rotatable bonds is 5. The van der Waals surface area contributed by atoms with Gasteiger partial charge in [0, 0.05) is 6.42 Å². The molecule has 1 saturated heterocycles. The third-order valence-electron chi connectivity index (χ3n) is 3.34. The van der Waals surface area contributed by atoms with Crippen molar-refractivity contribution in [3.8, 4) is 0 Å². The molecule has 0 bridgehead atoms. The van der Waals surface area contributed by atoms with E-state index in [0.717, 1.165) is 0 Å². The summed E-state index contributed by atoms with van der Waals surface area (Å²) in [4.78, 5) is 24.8. The zero-order chi connectivity index (χ0) is 11.7. The normalized spacial score (nSPS) is 25.1. The van der Waals surface area contributed by atoms with Crippen LogP contribution >= 0.6 is 0 Å². The Bertz CT molecular complexity index is 297. The Morgan fingerprint density at radius 1 is 1.50 bits per heavy atom. The highest BCUT2D eigenvalue weighted by Crippen LogP contribution is 2.32. The third-order valence-corrected chi connectivity index (χ3v) is 3.34. The molecule has 1 amide bonds. The molecule has 0 aromatic rings. The van der Waals surface area contributed by atoms with Gasteiger partial charge in [-0.2, -0.15) is 0 Å². The van der Waals surface area contributed by atoms with E-state index in [1.165, 1.54) is 12.8 Å². The van der Waals surface area contributed by atoms with Crippen LogP contribution in [0.3, 0.4) is 0 Å². The van der Waals surface area contributed by atoms with Crippen molar-refractivity contribution in [1.82, 2.24) is 4.90 Å². The summed E-state index contributed by atoms with van der Waals surface area (Å²) >= 11 is 0. The number of nitrogens with zero attached hydrogens (tertiary/aromatic N) is 1. The lowest BCUT2D eigenvalue weighted by molar-refractivity contribution is -0.120. The van der Waals surface area contributed by atoms with E-state index in [2.05, 4.69) is 0 Å². The van der Waals surface area contributed by atoms with E-state index < -0.39 is 0 Å². The van der Waals surface area contributed by atoms with Gasteiger partial charge in [-0.25, -0.2) is 4.79 Å². The number of ether oxygens (including phenoxy) is 1. The largest absolute Gasteiger partial charge is 0.447 e. The van der Waals surface area contributed by atoms with E-state index >= 15 is 0 Å². The molecular weight excluding hydrogens is 206 g/mol. The van der Waals surface area contributed by atoms with Crippen molar-refractivity contribution < 1.29 is 14.3 Å². The Morgan fingerprint density at radius 2 is 2.19 bits per heavy atom. The average Bonchev–Trinajstić information content (AvgIpc) is 2.92. The van der Waals surface area contributed by atoms with Crippen LogP contribution in [-0.4, -0.2) is 36.0 Å². The van der Waals surface area contributed by atoms with Gasteiger partial charge in [-0.1, -0.05) is 13.8 Å². The van der Waals surface area contributed by atoms with Crippen molar-refractivity contribution in [2.45, 2.75) is 39.2 Å². The van der Waals surface area contributed by atoms with E-state index in [-0.39, 0.29) is 24.5 Å². The Morgan fingerprint density at radius 3 is 2.75 bits per heavy atom. The van der Waals surface area contributed by atoms with Crippen LogP contribution in [0.2, 0.25) is 0 Å². The van der Waals surface area contributed by atoms with Gasteiger partial charge in [-0.15, -0.1) is 0 Å². The number of carbonyl (C=O) groups is 2. The monoisotopic (exact) mass is 225 g/mol. The van der Waals surface area contributed by atoms with Gasteiger partial charge >= 0.3 is 6.09 Å². The zero-order valence-electron chi connectivity index (χ0n) is 9.94. The van der Waals surface area contributed by atoms with Crippen LogP contribution in [-0.2, 0) is 9.53 Å². The summed E-state index contributed by atoms with van der Waals surface area (Å²) in [6.07, 6.45) is 2.64. The molecule has 1 unspecified atom stereocenters. The Kier molecular flexibility index (Phi) is 3.17. The minimum atomic E-state index is -0.331. The fraction of sp³-hybridized carbons (Fsp3) is 0.833. The first kappa shape index (κ1) is 11.4. The Labute approximate surface area is 95.9 Å². The molecule has 0 aromatic carbocycles. The minimum Gasteiger partial charge on any atom is -0.447 e. The number of carbonyl (C=O) groups excluding carboxylic acids is 2. The Hall–Kier alpha value is -1.06. The summed E-state index contributed by atoms with van der Waals surface area (Å²) in [6, 6.07) is 0.0654. The first-order valence-corrected chi connectivity index (χ1v) is 6.03. The highest BCUT2D eigenvalue weighted by molar-refractivity contribution is 5.85. The van der Waals surface area contributed by atoms with Gasteiger partial charge in [0.05, 0.1) is 12.6 Å². The fourth-order valence-corrected chi connectivity index (χ4v) is 2.10. The van der Waals surface area contributed by atoms with E-state index in [1.807, 2.05) is 13.8 Å². The van der Waals surface area contributed by atoms with Crippen LogP contribution in [0.4, 0.5) is 4.79 Å². The smallest absolute Gasteiger partial charge is 0.410 e. The molecule has 16 heavy (non-hydrogen) atoms. The lowest BCUT2D eigenvalue weighted by Gasteiger charge is -2.23. The second-order valence-electron chi connectivity index (χ2n) is 5.20. The van der Waals surface area contributed by atoms with Crippen molar-refractivity contribution in [3.63, 3.8) is 0 Å². The molecule has 1 saturated carbocycles. The maximum atomic E-state index is 11.7. The topological polar surface area (TPSA) is 46.6 Å². The van der Waals surface area contributed by atoms with E-state index in [9.17, 15) is 9.59 Å². The van der Waals surface area contributed by atoms with Crippen molar-refractivity contribution in [2.24, 2.45) is 11.8 Å². The van der Waals surface area contributed by atoms with Crippen molar-refractivity contribution >= 4 is 11.9 Å². The van der Waals surface area contributed by atoms with Gasteiger partial charge in [-0.3, -0.25) is 9.69 Å². The van der Waals surface area contributed by atoms with Gasteiger partial charge in [0.15, 0.2) is 5.78 Å². The minimum absolute atomic E-state index is 0.0654. The van der Waals surface area contributed by atoms with Crippen LogP contribution in [0.1, 0.15) is 33.1 Å². The first-order valence-electron chi connectivity index (χ1n) is 6.03. The van der Waals surface area contributed by atoms with Gasteiger partial charge in [-0.05, 0) is 24.7 Å². The van der Waals surface area contributed by atoms with Crippen LogP contribution in [0.5, 0.6) is 0 Å². The lowest BCUT2D eigenvalue weighted by Crippen LogP contribution is -2.40. The van der Waals surface area contributed by atoms with Gasteiger partial charge in [0.25, 0.3) is 0 Å². The molecule has 0 aromatic heterocycles. The quantitative estimate of drug-likeness (QED) is 0.717. The molecule has 2 rings (SSSR count). The number of amides is 1. The van der Waals surface area contributed by atoms with E-state index in [0.29, 0.717) is 24.9 Å². The van der Waals surface area contributed by atoms with E-state index in [4.69, 9.17) is 4.74 Å². The molecule has 1 aliphatic carbocycles. The van der Waals surface area contributed by atoms with Crippen molar-refractivity contribution in [3.05, 3.63) is 0 Å². The summed E-state index contributed by atoms with van der Waals surface area (Å²) in [5.41, 5.74) is 0. The number of hydrogen-bond donors (Lipinski definition) is 0. The Balaban J connectivity index is 1.89. The summed E-state index contributed by atoms with van der Waals surface area (Å²) in [7, 11) is 0. The SMILES string of the molecule is CC(C)C1COC(=O)N1CC(=O)CC1CC1. The van der Waals surface area contributed by atoms with Crippen LogP contribution in [0.25, 0.3) is 0 Å². The number of hydrogen-bond acceptors (Lipinski definition) is 3. The molecule has 0 spiro atoms. The second kappa shape index (κ2) is 4.44. The summed E-state index contributed by atoms with van der Waals surface area (Å²) < 4.78 is 5.00. The molecule has 4 heteroatoms. The molecule has 90 valence electrons. The lowest BCUT2D eigenvalue weighted by atomic mass is 10.0. The average molecular weight is 225 g/mol. The maximum Gasteiger partial charge on any atom is 0.410 e. The number of Topliss-reactive ketones (excluding diaryl/α,β-unsaturated/α-hetero) is 1. The highest BCUT2D eigenvalue weighted by Gasteiger charge is 2.36. The molecule has 0 radical (unpaired) electrons. The summed E-state index contributed by atoms with van der Waals surface area (Å²) in [6.45, 7) is 4.75. The molecule has 4 nitrogen and oxygen atoms in total. The van der Waals surface area contributed by atoms with Crippen LogP contribution in [0, 0.1) is 11.8 Å². The molecule has 1 atom stereocenters. The summed E-state index contributed by atoms with van der Waals surface area (Å²) in [5, 5.41) is 0. The first-order chi connectivity index (χ1) is 7.58. The van der Waals surface area contributed by atoms with Crippen molar-refractivity contribution in [1.29, 1.82) is 0 Å². The molecule has 1 aliphatic heterocycles. The highest BCUT2D eigenvalue weighted by atomic mass is 16.6. The predicted molar refractivity (Wildman–Crippen MR) is 59.0 cm³/mol. The maximum absolute atomic E-state index is 11.7. The number of cyclic esters (lactones) is 1. The second-order valence-corrected chi connectivity index (χ2v) is 5.20. The van der Waals surface area contributed by atoms with Gasteiger partial charge in [0.2, 0.25) is 0 Å². The molecular formula is C12H19NO3. The van der Waals surface area contributed by atoms with Gasteiger partial charge < -0.3 is 4.74 Å². The molecule has 2 aliphatic rings. The summed E-state index contributed by atoms with van der Waals surface area (Å²) in [5.74, 6) is 1.09. The van der Waals surface area contributed by atoms with Crippen LogP contribution < -0.4 is 0 Å². The standard InChI is InChI=1S/C12H19NO3/c1-8(2)11-7-16-12(15)13(11)6-10(14)5-9-3-4-9/h8-9,11H,3-7H2,1-2H3. The van der Waals surface area contributed by atoms with Gasteiger partial charge in [0.1, 0.15) is 6.61 Å². The molecule has 2 fully saturated rings. The van der Waals surface area contributed by atoms with E-state index in [1.54, 1.807) is 4.90 Å². The van der Waals surface area contributed by atoms with Crippen molar-refractivity contribution in [2.75, 3.05) is 13.2 Å². The molecule has 1 heterocycles. The molecule has 0 N–H and O–H groups in total. The zero-order valence-corrected chi connectivity index (χ0v) is 9.94.